The van der Waals surface area contributed by atoms with Crippen LogP contribution in [0.3, 0.4) is 0 Å². The SMILES string of the molecule is COCCCN1CCOc2ccc(COC3CN(C(=O)CCCC(CON(O)O)ON(O)O)CC(O)C3OC3CCC(Oc4ccc(Cl)cc4)CC3)cc21. The Bertz CT molecular complexity index is 1420. The van der Waals surface area contributed by atoms with E-state index < -0.39 is 41.8 Å². The van der Waals surface area contributed by atoms with Crippen molar-refractivity contribution in [3.63, 3.8) is 0 Å². The normalized spacial score (nSPS) is 23.7. The Kier molecular flexibility index (Phi) is 16.8. The van der Waals surface area contributed by atoms with E-state index in [1.165, 1.54) is 0 Å². The van der Waals surface area contributed by atoms with Crippen molar-refractivity contribution in [1.29, 1.82) is 0 Å². The highest BCUT2D eigenvalue weighted by Crippen LogP contribution is 2.34. The fourth-order valence-corrected chi connectivity index (χ4v) is 7.17. The van der Waals surface area contributed by atoms with Gasteiger partial charge in [0.25, 0.3) is 0 Å². The molecule has 5 rings (SSSR count). The molecule has 2 fully saturated rings. The van der Waals surface area contributed by atoms with Crippen LogP contribution in [0, 0.1) is 0 Å². The third kappa shape index (κ3) is 13.1. The van der Waals surface area contributed by atoms with Crippen LogP contribution in [0.4, 0.5) is 5.69 Å². The number of piperidine rings is 1. The van der Waals surface area contributed by atoms with Crippen LogP contribution in [0.15, 0.2) is 42.5 Å². The van der Waals surface area contributed by atoms with Crippen molar-refractivity contribution in [3.8, 4) is 11.5 Å². The average molecular weight is 785 g/mol. The Hall–Kier alpha value is -2.88. The lowest BCUT2D eigenvalue weighted by Gasteiger charge is -2.43. The summed E-state index contributed by atoms with van der Waals surface area (Å²) in [5.74, 6) is 1.31. The lowest BCUT2D eigenvalue weighted by molar-refractivity contribution is -0.527. The number of hydrogen-bond donors (Lipinski definition) is 5. The number of anilines is 1. The predicted molar refractivity (Wildman–Crippen MR) is 190 cm³/mol. The van der Waals surface area contributed by atoms with E-state index >= 15 is 0 Å². The molecule has 0 bridgehead atoms. The number of halogens is 1. The Morgan fingerprint density at radius 3 is 2.48 bits per heavy atom. The maximum atomic E-state index is 13.4. The molecule has 17 nitrogen and oxygen atoms in total. The third-order valence-corrected chi connectivity index (χ3v) is 10.0. The van der Waals surface area contributed by atoms with Gasteiger partial charge in [0.15, 0.2) is 0 Å². The van der Waals surface area contributed by atoms with Gasteiger partial charge >= 0.3 is 0 Å². The first-order valence-electron chi connectivity index (χ1n) is 18.4. The van der Waals surface area contributed by atoms with Crippen LogP contribution < -0.4 is 14.4 Å². The van der Waals surface area contributed by atoms with Crippen LogP contribution in [-0.4, -0.2) is 137 Å². The van der Waals surface area contributed by atoms with Crippen molar-refractivity contribution < 1.29 is 64.1 Å². The lowest BCUT2D eigenvalue weighted by Crippen LogP contribution is -2.59. The number of amides is 1. The van der Waals surface area contributed by atoms with Crippen LogP contribution in [0.2, 0.25) is 5.02 Å². The summed E-state index contributed by atoms with van der Waals surface area (Å²) in [5.41, 5.74) is 1.89. The quantitative estimate of drug-likeness (QED) is 0.0954. The van der Waals surface area contributed by atoms with E-state index in [1.54, 1.807) is 24.1 Å². The van der Waals surface area contributed by atoms with E-state index in [9.17, 15) is 9.90 Å². The Morgan fingerprint density at radius 2 is 1.76 bits per heavy atom. The zero-order valence-corrected chi connectivity index (χ0v) is 31.2. The molecule has 1 saturated heterocycles. The minimum absolute atomic E-state index is 0.0325. The number of ether oxygens (including phenoxy) is 5. The number of aliphatic hydroxyl groups is 1. The lowest BCUT2D eigenvalue weighted by atomic mass is 9.93. The number of carbonyl (C=O) groups excluding carboxylic acids is 1. The van der Waals surface area contributed by atoms with E-state index in [2.05, 4.69) is 15.8 Å². The Labute approximate surface area is 319 Å². The molecule has 0 aromatic heterocycles. The molecule has 0 spiro atoms. The smallest absolute Gasteiger partial charge is 0.222 e. The van der Waals surface area contributed by atoms with Crippen molar-refractivity contribution in [2.24, 2.45) is 0 Å². The first kappa shape index (κ1) is 42.3. The number of fused-ring (bicyclic) bond motifs is 1. The summed E-state index contributed by atoms with van der Waals surface area (Å²) >= 11 is 6.02. The van der Waals surface area contributed by atoms with E-state index in [0.29, 0.717) is 18.2 Å². The zero-order chi connectivity index (χ0) is 38.5. The van der Waals surface area contributed by atoms with Gasteiger partial charge in [0, 0.05) is 44.8 Å². The molecule has 1 amide bonds. The van der Waals surface area contributed by atoms with Crippen molar-refractivity contribution in [2.75, 3.05) is 58.0 Å². The van der Waals surface area contributed by atoms with Gasteiger partial charge in [0.2, 0.25) is 5.91 Å². The van der Waals surface area contributed by atoms with Gasteiger partial charge < -0.3 is 38.6 Å². The van der Waals surface area contributed by atoms with E-state index in [1.807, 2.05) is 24.3 Å². The fourth-order valence-electron chi connectivity index (χ4n) is 7.05. The largest absolute Gasteiger partial charge is 0.490 e. The molecule has 2 aromatic rings. The molecule has 2 aliphatic heterocycles. The highest BCUT2D eigenvalue weighted by atomic mass is 35.5. The molecule has 2 heterocycles. The van der Waals surface area contributed by atoms with Crippen molar-refractivity contribution >= 4 is 23.2 Å². The van der Waals surface area contributed by atoms with Gasteiger partial charge in [-0.1, -0.05) is 17.7 Å². The first-order chi connectivity index (χ1) is 26.1. The van der Waals surface area contributed by atoms with Crippen molar-refractivity contribution in [3.05, 3.63) is 53.1 Å². The summed E-state index contributed by atoms with van der Waals surface area (Å²) in [6, 6.07) is 13.2. The summed E-state index contributed by atoms with van der Waals surface area (Å²) < 4.78 is 30.4. The first-order valence-corrected chi connectivity index (χ1v) is 18.8. The third-order valence-electron chi connectivity index (χ3n) is 9.75. The number of nitrogens with zero attached hydrogens (tertiary/aromatic N) is 4. The molecule has 3 aliphatic rings. The monoisotopic (exact) mass is 784 g/mol. The van der Waals surface area contributed by atoms with Crippen molar-refractivity contribution in [2.45, 2.75) is 94.6 Å². The second-order valence-corrected chi connectivity index (χ2v) is 14.1. The van der Waals surface area contributed by atoms with E-state index in [-0.39, 0.29) is 57.1 Å². The van der Waals surface area contributed by atoms with Gasteiger partial charge in [-0.2, -0.15) is 0 Å². The minimum atomic E-state index is -1.02. The number of methoxy groups -OCH3 is 1. The molecular weight excluding hydrogens is 732 g/mol. The van der Waals surface area contributed by atoms with E-state index in [4.69, 9.17) is 61.0 Å². The van der Waals surface area contributed by atoms with Gasteiger partial charge in [-0.25, -0.2) is 9.68 Å². The summed E-state index contributed by atoms with van der Waals surface area (Å²) in [7, 11) is 1.69. The maximum Gasteiger partial charge on any atom is 0.222 e. The topological polar surface area (TPSA) is 196 Å². The molecule has 5 N–H and O–H groups in total. The number of likely N-dealkylation sites (tertiary alicyclic amines) is 1. The molecule has 0 radical (unpaired) electrons. The molecule has 18 heteroatoms. The van der Waals surface area contributed by atoms with E-state index in [0.717, 1.165) is 67.9 Å². The number of carbonyl (C=O) groups is 1. The van der Waals surface area contributed by atoms with Crippen LogP contribution in [0.1, 0.15) is 56.9 Å². The summed E-state index contributed by atoms with van der Waals surface area (Å²) in [6.45, 7) is 2.83. The minimum Gasteiger partial charge on any atom is -0.490 e. The highest BCUT2D eigenvalue weighted by molar-refractivity contribution is 6.30. The molecule has 1 saturated carbocycles. The van der Waals surface area contributed by atoms with Crippen LogP contribution in [0.5, 0.6) is 11.5 Å². The molecule has 4 unspecified atom stereocenters. The predicted octanol–water partition coefficient (Wildman–Crippen LogP) is 4.00. The number of β-amino-alcohol motifs (C(OH)–C–C–N with tert-alkyl or cyclic N) is 1. The van der Waals surface area contributed by atoms with Crippen molar-refractivity contribution in [1.82, 2.24) is 15.7 Å². The molecular formula is C36H53ClN4O13. The zero-order valence-electron chi connectivity index (χ0n) is 30.5. The number of hydrogen-bond acceptors (Lipinski definition) is 16. The highest BCUT2D eigenvalue weighted by Gasteiger charge is 2.41. The summed E-state index contributed by atoms with van der Waals surface area (Å²) in [4.78, 5) is 26.6. The summed E-state index contributed by atoms with van der Waals surface area (Å²) in [5, 5.41) is 46.9. The van der Waals surface area contributed by atoms with Crippen LogP contribution in [-0.2, 0) is 35.3 Å². The molecule has 2 aromatic carbocycles. The Balaban J connectivity index is 1.22. The van der Waals surface area contributed by atoms with Crippen LogP contribution >= 0.6 is 11.6 Å². The number of benzene rings is 2. The summed E-state index contributed by atoms with van der Waals surface area (Å²) in [6.07, 6.45) is 0.801. The number of rotatable bonds is 20. The standard InChI is InChI=1S/C36H53ClN4O13/c1-48-18-3-16-38-17-19-49-33-15-6-25(20-31(33)38)23-50-34-22-39(35(43)5-2-4-30(54-41(46)47)24-51-40(44)45)21-32(42)36(34)53-29-13-11-28(12-14-29)52-27-9-7-26(37)8-10-27/h6-10,15,20,28-30,32,34,36,42,44-47H,2-5,11-14,16-19,21-24H2,1H3. The number of aliphatic hydroxyl groups excluding tert-OH is 1. The molecule has 1 aliphatic carbocycles. The van der Waals surface area contributed by atoms with Gasteiger partial charge in [0.1, 0.15) is 49.1 Å². The van der Waals surface area contributed by atoms with Crippen LogP contribution in [0.25, 0.3) is 0 Å². The van der Waals surface area contributed by atoms with Gasteiger partial charge in [0.05, 0.1) is 41.8 Å². The van der Waals surface area contributed by atoms with Gasteiger partial charge in [-0.3, -0.25) is 25.6 Å². The van der Waals surface area contributed by atoms with Gasteiger partial charge in [-0.05, 0) is 86.9 Å². The Morgan fingerprint density at radius 1 is 1.00 bits per heavy atom. The van der Waals surface area contributed by atoms with Gasteiger partial charge in [-0.15, -0.1) is 0 Å². The average Bonchev–Trinajstić information content (AvgIpc) is 3.15. The maximum absolute atomic E-state index is 13.4. The molecule has 54 heavy (non-hydrogen) atoms. The molecule has 4 atom stereocenters. The fraction of sp³-hybridized carbons (Fsp3) is 0.639. The second kappa shape index (κ2) is 21.4. The molecule has 302 valence electrons. The second-order valence-electron chi connectivity index (χ2n) is 13.7.